The van der Waals surface area contributed by atoms with Gasteiger partial charge in [-0.1, -0.05) is 25.6 Å². The van der Waals surface area contributed by atoms with Crippen LogP contribution in [-0.4, -0.2) is 11.5 Å². The maximum Gasteiger partial charge on any atom is 0.137 e. The SMILES string of the molecule is CCNC(CC)c1ccc(Sc2cc(F)ccc2F)cn1. The lowest BCUT2D eigenvalue weighted by Gasteiger charge is -2.15. The van der Waals surface area contributed by atoms with Crippen molar-refractivity contribution in [2.75, 3.05) is 6.54 Å². The summed E-state index contributed by atoms with van der Waals surface area (Å²) in [6, 6.07) is 7.48. The van der Waals surface area contributed by atoms with Crippen LogP contribution in [0.2, 0.25) is 0 Å². The van der Waals surface area contributed by atoms with Gasteiger partial charge in [0.05, 0.1) is 10.6 Å². The van der Waals surface area contributed by atoms with Crippen molar-refractivity contribution >= 4 is 11.8 Å². The Balaban J connectivity index is 2.13. The number of hydrogen-bond acceptors (Lipinski definition) is 3. The Labute approximate surface area is 128 Å². The first-order valence-electron chi connectivity index (χ1n) is 6.96. The van der Waals surface area contributed by atoms with Gasteiger partial charge >= 0.3 is 0 Å². The molecule has 0 bridgehead atoms. The van der Waals surface area contributed by atoms with Gasteiger partial charge in [-0.2, -0.15) is 0 Å². The van der Waals surface area contributed by atoms with Gasteiger partial charge < -0.3 is 5.32 Å². The predicted octanol–water partition coefficient (Wildman–Crippen LogP) is 4.57. The molecule has 1 aromatic carbocycles. The molecule has 1 unspecified atom stereocenters. The van der Waals surface area contributed by atoms with Gasteiger partial charge in [-0.15, -0.1) is 0 Å². The van der Waals surface area contributed by atoms with Gasteiger partial charge in [0.1, 0.15) is 11.6 Å². The van der Waals surface area contributed by atoms with Gasteiger partial charge in [0.25, 0.3) is 0 Å². The molecular weight excluding hydrogens is 290 g/mol. The van der Waals surface area contributed by atoms with E-state index in [0.717, 1.165) is 35.7 Å². The van der Waals surface area contributed by atoms with E-state index in [4.69, 9.17) is 0 Å². The number of halogens is 2. The third-order valence-electron chi connectivity index (χ3n) is 3.10. The number of benzene rings is 1. The number of aromatic nitrogens is 1. The number of rotatable bonds is 6. The standard InChI is InChI=1S/C16H18F2N2S/c1-3-14(19-4-2)15-8-6-12(10-20-15)21-16-9-11(17)5-7-13(16)18/h5-10,14,19H,3-4H2,1-2H3. The van der Waals surface area contributed by atoms with Gasteiger partial charge in [0.2, 0.25) is 0 Å². The van der Waals surface area contributed by atoms with Crippen LogP contribution in [0.1, 0.15) is 32.0 Å². The molecule has 0 aliphatic rings. The topological polar surface area (TPSA) is 24.9 Å². The quantitative estimate of drug-likeness (QED) is 0.846. The van der Waals surface area contributed by atoms with E-state index in [1.54, 1.807) is 6.20 Å². The molecule has 0 radical (unpaired) electrons. The van der Waals surface area contributed by atoms with Crippen molar-refractivity contribution in [1.29, 1.82) is 0 Å². The summed E-state index contributed by atoms with van der Waals surface area (Å²) in [4.78, 5) is 5.47. The number of hydrogen-bond donors (Lipinski definition) is 1. The minimum atomic E-state index is -0.443. The smallest absolute Gasteiger partial charge is 0.137 e. The van der Waals surface area contributed by atoms with Crippen molar-refractivity contribution in [1.82, 2.24) is 10.3 Å². The molecular formula is C16H18F2N2S. The average Bonchev–Trinajstić information content (AvgIpc) is 2.49. The molecule has 2 rings (SSSR count). The average molecular weight is 308 g/mol. The van der Waals surface area contributed by atoms with E-state index < -0.39 is 11.6 Å². The second kappa shape index (κ2) is 7.52. The van der Waals surface area contributed by atoms with E-state index in [-0.39, 0.29) is 10.9 Å². The molecule has 0 aliphatic heterocycles. The zero-order chi connectivity index (χ0) is 15.2. The van der Waals surface area contributed by atoms with E-state index in [2.05, 4.69) is 24.1 Å². The molecule has 1 aromatic heterocycles. The zero-order valence-electron chi connectivity index (χ0n) is 12.1. The molecule has 112 valence electrons. The van der Waals surface area contributed by atoms with Crippen LogP contribution in [0.4, 0.5) is 8.78 Å². The molecule has 21 heavy (non-hydrogen) atoms. The van der Waals surface area contributed by atoms with E-state index in [1.165, 1.54) is 17.8 Å². The maximum atomic E-state index is 13.6. The highest BCUT2D eigenvalue weighted by atomic mass is 32.2. The molecule has 2 nitrogen and oxygen atoms in total. The Morgan fingerprint density at radius 3 is 2.62 bits per heavy atom. The van der Waals surface area contributed by atoms with Crippen molar-refractivity contribution in [3.05, 3.63) is 53.9 Å². The molecule has 0 saturated heterocycles. The first-order valence-corrected chi connectivity index (χ1v) is 7.78. The monoisotopic (exact) mass is 308 g/mol. The van der Waals surface area contributed by atoms with Gasteiger partial charge in [-0.05, 0) is 43.3 Å². The normalized spacial score (nSPS) is 12.4. The van der Waals surface area contributed by atoms with E-state index in [0.29, 0.717) is 0 Å². The highest BCUT2D eigenvalue weighted by molar-refractivity contribution is 7.99. The summed E-state index contributed by atoms with van der Waals surface area (Å²) in [5.74, 6) is -0.869. The summed E-state index contributed by atoms with van der Waals surface area (Å²) in [6.45, 7) is 5.03. The second-order valence-electron chi connectivity index (χ2n) is 4.61. The van der Waals surface area contributed by atoms with Crippen LogP contribution in [0, 0.1) is 11.6 Å². The van der Waals surface area contributed by atoms with Crippen LogP contribution in [0.15, 0.2) is 46.3 Å². The highest BCUT2D eigenvalue weighted by Gasteiger charge is 2.10. The fourth-order valence-corrected chi connectivity index (χ4v) is 2.88. The minimum Gasteiger partial charge on any atom is -0.309 e. The third kappa shape index (κ3) is 4.25. The molecule has 0 amide bonds. The molecule has 0 aliphatic carbocycles. The van der Waals surface area contributed by atoms with Crippen LogP contribution in [0.25, 0.3) is 0 Å². The highest BCUT2D eigenvalue weighted by Crippen LogP contribution is 2.30. The summed E-state index contributed by atoms with van der Waals surface area (Å²) in [5, 5.41) is 3.36. The molecule has 2 aromatic rings. The first-order chi connectivity index (χ1) is 10.1. The Morgan fingerprint density at radius 2 is 2.00 bits per heavy atom. The van der Waals surface area contributed by atoms with Crippen LogP contribution in [0.5, 0.6) is 0 Å². The van der Waals surface area contributed by atoms with E-state index >= 15 is 0 Å². The van der Waals surface area contributed by atoms with Gasteiger partial charge in [-0.3, -0.25) is 4.98 Å². The Bertz CT molecular complexity index is 587. The summed E-state index contributed by atoms with van der Waals surface area (Å²) in [7, 11) is 0. The minimum absolute atomic E-state index is 0.222. The lowest BCUT2D eigenvalue weighted by Crippen LogP contribution is -2.20. The van der Waals surface area contributed by atoms with Crippen LogP contribution < -0.4 is 5.32 Å². The number of nitrogens with zero attached hydrogens (tertiary/aromatic N) is 1. The van der Waals surface area contributed by atoms with Crippen molar-refractivity contribution in [3.63, 3.8) is 0 Å². The van der Waals surface area contributed by atoms with Crippen molar-refractivity contribution in [3.8, 4) is 0 Å². The summed E-state index contributed by atoms with van der Waals surface area (Å²) < 4.78 is 26.7. The van der Waals surface area contributed by atoms with Gasteiger partial charge in [0, 0.05) is 17.1 Å². The largest absolute Gasteiger partial charge is 0.309 e. The third-order valence-corrected chi connectivity index (χ3v) is 4.11. The van der Waals surface area contributed by atoms with Crippen LogP contribution in [-0.2, 0) is 0 Å². The summed E-state index contributed by atoms with van der Waals surface area (Å²) in [6.07, 6.45) is 2.65. The molecule has 0 fully saturated rings. The molecule has 5 heteroatoms. The lowest BCUT2D eigenvalue weighted by atomic mass is 10.1. The Kier molecular flexibility index (Phi) is 5.70. The lowest BCUT2D eigenvalue weighted by molar-refractivity contribution is 0.524. The van der Waals surface area contributed by atoms with Gasteiger partial charge in [0.15, 0.2) is 0 Å². The van der Waals surface area contributed by atoms with E-state index in [9.17, 15) is 8.78 Å². The summed E-state index contributed by atoms with van der Waals surface area (Å²) >= 11 is 1.17. The van der Waals surface area contributed by atoms with Crippen molar-refractivity contribution in [2.45, 2.75) is 36.1 Å². The summed E-state index contributed by atoms with van der Waals surface area (Å²) in [5.41, 5.74) is 0.961. The maximum absolute atomic E-state index is 13.6. The fourth-order valence-electron chi connectivity index (χ4n) is 2.05. The van der Waals surface area contributed by atoms with Crippen LogP contribution >= 0.6 is 11.8 Å². The molecule has 0 spiro atoms. The second-order valence-corrected chi connectivity index (χ2v) is 5.73. The molecule has 1 heterocycles. The zero-order valence-corrected chi connectivity index (χ0v) is 12.9. The molecule has 1 atom stereocenters. The first kappa shape index (κ1) is 15.9. The Hall–Kier alpha value is -1.46. The van der Waals surface area contributed by atoms with E-state index in [1.807, 2.05) is 12.1 Å². The molecule has 1 N–H and O–H groups in total. The van der Waals surface area contributed by atoms with Crippen molar-refractivity contribution < 1.29 is 8.78 Å². The molecule has 0 saturated carbocycles. The van der Waals surface area contributed by atoms with Crippen LogP contribution in [0.3, 0.4) is 0 Å². The van der Waals surface area contributed by atoms with Crippen molar-refractivity contribution in [2.24, 2.45) is 0 Å². The number of pyridine rings is 1. The Morgan fingerprint density at radius 1 is 1.19 bits per heavy atom. The van der Waals surface area contributed by atoms with Gasteiger partial charge in [-0.25, -0.2) is 8.78 Å². The fraction of sp³-hybridized carbons (Fsp3) is 0.312. The number of nitrogens with one attached hydrogen (secondary N) is 1. The predicted molar refractivity (Wildman–Crippen MR) is 81.4 cm³/mol.